The fourth-order valence-electron chi connectivity index (χ4n) is 4.37. The van der Waals surface area contributed by atoms with Crippen molar-refractivity contribution in [2.45, 2.75) is 25.1 Å². The number of nitrogens with one attached hydrogen (secondary N) is 1. The number of methoxy groups -OCH3 is 2. The molecule has 7 nitrogen and oxygen atoms in total. The fourth-order valence-corrected chi connectivity index (χ4v) is 4.71. The van der Waals surface area contributed by atoms with Crippen LogP contribution in [0.2, 0.25) is 0 Å². The molecule has 3 aromatic carbocycles. The van der Waals surface area contributed by atoms with Gasteiger partial charge in [0, 0.05) is 12.2 Å². The molecule has 3 aromatic rings. The molecule has 1 heterocycles. The Morgan fingerprint density at radius 1 is 1.02 bits per heavy atom. The predicted octanol–water partition coefficient (Wildman–Crippen LogP) is 5.44. The van der Waals surface area contributed by atoms with Gasteiger partial charge in [0.25, 0.3) is 5.91 Å². The molecular weight excluding hydrogens is 550 g/mol. The number of anilines is 2. The lowest BCUT2D eigenvalue weighted by Crippen LogP contribution is -2.48. The first-order valence-electron chi connectivity index (χ1n) is 12.1. The number of amides is 2. The van der Waals surface area contributed by atoms with E-state index in [2.05, 4.69) is 5.32 Å². The van der Waals surface area contributed by atoms with Crippen molar-refractivity contribution >= 4 is 40.5 Å². The van der Waals surface area contributed by atoms with Crippen LogP contribution in [0.3, 0.4) is 0 Å². The standard InChI is InChI=1S/C28H25F4N3O4S/c1-38-23-11-6-17(14-24(23)39-2)12-13-34(27(40)33-20-5-3-4-18(15-20)28(30,31)32)22-16-25(36)35(26(22)37)21-9-7-19(29)8-10-21/h3-11,14-15,22H,12-13,16H2,1-2H3,(H,33,40). The summed E-state index contributed by atoms with van der Waals surface area (Å²) >= 11 is 5.56. The van der Waals surface area contributed by atoms with E-state index in [0.717, 1.165) is 34.7 Å². The molecule has 12 heteroatoms. The third-order valence-corrected chi connectivity index (χ3v) is 6.71. The normalized spacial score (nSPS) is 15.2. The number of alkyl halides is 3. The van der Waals surface area contributed by atoms with E-state index >= 15 is 0 Å². The Morgan fingerprint density at radius 2 is 1.73 bits per heavy atom. The van der Waals surface area contributed by atoms with Gasteiger partial charge in [-0.15, -0.1) is 0 Å². The molecule has 40 heavy (non-hydrogen) atoms. The molecule has 0 aliphatic carbocycles. The maximum atomic E-state index is 13.5. The van der Waals surface area contributed by atoms with Crippen molar-refractivity contribution in [1.82, 2.24) is 4.90 Å². The number of hydrogen-bond donors (Lipinski definition) is 1. The molecule has 210 valence electrons. The van der Waals surface area contributed by atoms with Crippen LogP contribution in [0.5, 0.6) is 11.5 Å². The first kappa shape index (κ1) is 28.8. The van der Waals surface area contributed by atoms with E-state index < -0.39 is 35.4 Å². The third kappa shape index (κ3) is 6.33. The molecule has 1 aliphatic heterocycles. The molecule has 1 N–H and O–H groups in total. The SMILES string of the molecule is COc1ccc(CCN(C(=S)Nc2cccc(C(F)(F)F)c2)C2CC(=O)N(c3ccc(F)cc3)C2=O)cc1OC. The lowest BCUT2D eigenvalue weighted by atomic mass is 10.1. The Labute approximate surface area is 233 Å². The van der Waals surface area contributed by atoms with Crippen molar-refractivity contribution in [3.63, 3.8) is 0 Å². The first-order valence-corrected chi connectivity index (χ1v) is 12.5. The summed E-state index contributed by atoms with van der Waals surface area (Å²) in [5, 5.41) is 2.75. The van der Waals surface area contributed by atoms with Crippen LogP contribution in [0.25, 0.3) is 0 Å². The van der Waals surface area contributed by atoms with Gasteiger partial charge in [-0.1, -0.05) is 12.1 Å². The summed E-state index contributed by atoms with van der Waals surface area (Å²) in [5.74, 6) is -0.610. The Morgan fingerprint density at radius 3 is 2.38 bits per heavy atom. The van der Waals surface area contributed by atoms with Gasteiger partial charge in [0.05, 0.1) is 31.9 Å². The summed E-state index contributed by atoms with van der Waals surface area (Å²) in [7, 11) is 3.00. The van der Waals surface area contributed by atoms with E-state index in [1.165, 1.54) is 43.4 Å². The van der Waals surface area contributed by atoms with E-state index in [1.807, 2.05) is 0 Å². The molecule has 1 saturated heterocycles. The van der Waals surface area contributed by atoms with Gasteiger partial charge in [-0.2, -0.15) is 13.2 Å². The highest BCUT2D eigenvalue weighted by Gasteiger charge is 2.43. The maximum Gasteiger partial charge on any atom is 0.416 e. The lowest BCUT2D eigenvalue weighted by Gasteiger charge is -2.30. The van der Waals surface area contributed by atoms with Crippen molar-refractivity contribution in [1.29, 1.82) is 0 Å². The molecule has 0 spiro atoms. The zero-order valence-corrected chi connectivity index (χ0v) is 22.3. The number of benzene rings is 3. The van der Waals surface area contributed by atoms with E-state index in [9.17, 15) is 27.2 Å². The Kier molecular flexibility index (Phi) is 8.58. The van der Waals surface area contributed by atoms with Crippen LogP contribution in [0.15, 0.2) is 66.7 Å². The molecule has 4 rings (SSSR count). The summed E-state index contributed by atoms with van der Waals surface area (Å²) in [6, 6.07) is 13.7. The topological polar surface area (TPSA) is 71.1 Å². The number of ether oxygens (including phenoxy) is 2. The van der Waals surface area contributed by atoms with Crippen LogP contribution >= 0.6 is 12.2 Å². The van der Waals surface area contributed by atoms with Gasteiger partial charge < -0.3 is 19.7 Å². The van der Waals surface area contributed by atoms with Gasteiger partial charge >= 0.3 is 6.18 Å². The van der Waals surface area contributed by atoms with Crippen molar-refractivity contribution in [2.24, 2.45) is 0 Å². The second-order valence-electron chi connectivity index (χ2n) is 8.91. The number of carbonyl (C=O) groups is 2. The van der Waals surface area contributed by atoms with E-state index in [1.54, 1.807) is 18.2 Å². The van der Waals surface area contributed by atoms with E-state index in [0.29, 0.717) is 17.9 Å². The molecule has 0 radical (unpaired) electrons. The van der Waals surface area contributed by atoms with Gasteiger partial charge in [-0.05, 0) is 78.8 Å². The Bertz CT molecular complexity index is 1420. The summed E-state index contributed by atoms with van der Waals surface area (Å²) < 4.78 is 63.8. The highest BCUT2D eigenvalue weighted by molar-refractivity contribution is 7.80. The Balaban J connectivity index is 1.62. The largest absolute Gasteiger partial charge is 0.493 e. The molecule has 0 aromatic heterocycles. The average molecular weight is 576 g/mol. The van der Waals surface area contributed by atoms with Gasteiger partial charge in [0.2, 0.25) is 5.91 Å². The van der Waals surface area contributed by atoms with Gasteiger partial charge in [0.15, 0.2) is 16.6 Å². The second-order valence-corrected chi connectivity index (χ2v) is 9.29. The van der Waals surface area contributed by atoms with Gasteiger partial charge in [-0.25, -0.2) is 9.29 Å². The van der Waals surface area contributed by atoms with Crippen molar-refractivity contribution in [3.8, 4) is 11.5 Å². The lowest BCUT2D eigenvalue weighted by molar-refractivity contribution is -0.137. The monoisotopic (exact) mass is 575 g/mol. The molecule has 0 bridgehead atoms. The van der Waals surface area contributed by atoms with Crippen LogP contribution < -0.4 is 19.7 Å². The number of carbonyl (C=O) groups excluding carboxylic acids is 2. The van der Waals surface area contributed by atoms with Crippen LogP contribution in [-0.2, 0) is 22.2 Å². The number of rotatable bonds is 8. The van der Waals surface area contributed by atoms with Crippen molar-refractivity contribution < 1.29 is 36.6 Å². The van der Waals surface area contributed by atoms with E-state index in [4.69, 9.17) is 21.7 Å². The quantitative estimate of drug-likeness (QED) is 0.218. The van der Waals surface area contributed by atoms with Gasteiger partial charge in [-0.3, -0.25) is 9.59 Å². The van der Waals surface area contributed by atoms with Crippen LogP contribution in [0, 0.1) is 5.82 Å². The van der Waals surface area contributed by atoms with Gasteiger partial charge in [0.1, 0.15) is 11.9 Å². The zero-order chi connectivity index (χ0) is 29.0. The number of hydrogen-bond acceptors (Lipinski definition) is 5. The minimum atomic E-state index is -4.56. The number of thiocarbonyl (C=S) groups is 1. The Hall–Kier alpha value is -4.19. The summed E-state index contributed by atoms with van der Waals surface area (Å²) in [5.41, 5.74) is 0.210. The maximum absolute atomic E-state index is 13.5. The third-order valence-electron chi connectivity index (χ3n) is 6.38. The smallest absolute Gasteiger partial charge is 0.416 e. The van der Waals surface area contributed by atoms with Crippen LogP contribution in [-0.4, -0.2) is 48.6 Å². The summed E-state index contributed by atoms with van der Waals surface area (Å²) in [4.78, 5) is 28.8. The minimum Gasteiger partial charge on any atom is -0.493 e. The zero-order valence-electron chi connectivity index (χ0n) is 21.5. The highest BCUT2D eigenvalue weighted by atomic mass is 32.1. The molecule has 1 atom stereocenters. The molecule has 2 amide bonds. The number of halogens is 4. The minimum absolute atomic E-state index is 0.0353. The average Bonchev–Trinajstić information content (AvgIpc) is 3.22. The van der Waals surface area contributed by atoms with Crippen molar-refractivity contribution in [2.75, 3.05) is 31.0 Å². The van der Waals surface area contributed by atoms with E-state index in [-0.39, 0.29) is 29.5 Å². The number of nitrogens with zero attached hydrogens (tertiary/aromatic N) is 2. The first-order chi connectivity index (χ1) is 19.0. The summed E-state index contributed by atoms with van der Waals surface area (Å²) in [6.07, 6.45) is -4.44. The molecule has 1 fully saturated rings. The molecule has 1 aliphatic rings. The molecule has 1 unspecified atom stereocenters. The number of imide groups is 1. The molecular formula is C28H25F4N3O4S. The predicted molar refractivity (Wildman–Crippen MR) is 145 cm³/mol. The van der Waals surface area contributed by atoms with Crippen LogP contribution in [0.4, 0.5) is 28.9 Å². The highest BCUT2D eigenvalue weighted by Crippen LogP contribution is 2.32. The fraction of sp³-hybridized carbons (Fsp3) is 0.250. The van der Waals surface area contributed by atoms with Crippen LogP contribution in [0.1, 0.15) is 17.5 Å². The summed E-state index contributed by atoms with van der Waals surface area (Å²) in [6.45, 7) is 0.140. The van der Waals surface area contributed by atoms with Crippen molar-refractivity contribution in [3.05, 3.63) is 83.7 Å². The molecule has 0 saturated carbocycles. The second kappa shape index (κ2) is 11.9.